The summed E-state index contributed by atoms with van der Waals surface area (Å²) in [6.45, 7) is 3.76. The van der Waals surface area contributed by atoms with Crippen molar-refractivity contribution in [3.05, 3.63) is 77.1 Å². The van der Waals surface area contributed by atoms with Crippen LogP contribution in [0.25, 0.3) is 22.5 Å². The maximum atomic E-state index is 6.15. The third-order valence-electron chi connectivity index (χ3n) is 5.20. The molecule has 1 aliphatic heterocycles. The fraction of sp³-hybridized carbons (Fsp3) is 0.217. The van der Waals surface area contributed by atoms with Gasteiger partial charge in [-0.1, -0.05) is 48.5 Å². The Hall–Kier alpha value is -3.58. The lowest BCUT2D eigenvalue weighted by molar-refractivity contribution is 0.105. The van der Waals surface area contributed by atoms with Crippen molar-refractivity contribution in [1.29, 1.82) is 0 Å². The van der Waals surface area contributed by atoms with Gasteiger partial charge in [0, 0.05) is 29.3 Å². The molecule has 7 nitrogen and oxygen atoms in total. The van der Waals surface area contributed by atoms with Crippen molar-refractivity contribution in [2.45, 2.75) is 26.6 Å². The van der Waals surface area contributed by atoms with Crippen LogP contribution in [-0.2, 0) is 24.4 Å². The minimum absolute atomic E-state index is 0.489. The zero-order chi connectivity index (χ0) is 20.3. The average Bonchev–Trinajstić information content (AvgIpc) is 3.33. The Bertz CT molecular complexity index is 1160. The van der Waals surface area contributed by atoms with Gasteiger partial charge in [-0.3, -0.25) is 4.98 Å². The van der Waals surface area contributed by atoms with Gasteiger partial charge >= 0.3 is 0 Å². The summed E-state index contributed by atoms with van der Waals surface area (Å²) in [5.74, 6) is 1.45. The first-order chi connectivity index (χ1) is 14.8. The molecular weight excluding hydrogens is 378 g/mol. The number of H-pyrrole nitrogens is 1. The first-order valence-corrected chi connectivity index (χ1v) is 9.90. The van der Waals surface area contributed by atoms with E-state index in [4.69, 9.17) is 9.47 Å². The fourth-order valence-electron chi connectivity index (χ4n) is 3.71. The fourth-order valence-corrected chi connectivity index (χ4v) is 3.71. The smallest absolute Gasteiger partial charge is 0.205 e. The monoisotopic (exact) mass is 399 g/mol. The molecule has 5 rings (SSSR count). The van der Waals surface area contributed by atoms with Crippen molar-refractivity contribution in [3.8, 4) is 28.3 Å². The number of aromatic amines is 1. The Kier molecular flexibility index (Phi) is 4.94. The second-order valence-electron chi connectivity index (χ2n) is 7.26. The molecule has 30 heavy (non-hydrogen) atoms. The lowest BCUT2D eigenvalue weighted by Gasteiger charge is -2.20. The highest BCUT2D eigenvalue weighted by molar-refractivity contribution is 5.80. The Morgan fingerprint density at radius 2 is 1.90 bits per heavy atom. The molecule has 2 aromatic carbocycles. The lowest BCUT2D eigenvalue weighted by Crippen LogP contribution is -2.14. The first kappa shape index (κ1) is 18.4. The summed E-state index contributed by atoms with van der Waals surface area (Å²) in [5, 5.41) is 14.4. The molecule has 0 fully saturated rings. The number of pyridine rings is 1. The number of nitrogens with one attached hydrogen (secondary N) is 1. The number of fused-ring (bicyclic) bond motifs is 1. The molecule has 1 aliphatic rings. The summed E-state index contributed by atoms with van der Waals surface area (Å²) in [4.78, 5) is 4.63. The maximum Gasteiger partial charge on any atom is 0.205 e. The van der Waals surface area contributed by atoms with Crippen LogP contribution >= 0.6 is 0 Å². The SMILES string of the molecule is Cc1cc(OCc2ccc(-c3ccccc3-c3nn[nH]n3)cc2)c2c(n1)CCOC2. The Labute approximate surface area is 174 Å². The molecule has 0 bridgehead atoms. The van der Waals surface area contributed by atoms with Gasteiger partial charge in [0.15, 0.2) is 0 Å². The van der Waals surface area contributed by atoms with Gasteiger partial charge in [0.2, 0.25) is 5.82 Å². The molecule has 0 saturated heterocycles. The van der Waals surface area contributed by atoms with Gasteiger partial charge in [0.25, 0.3) is 0 Å². The van der Waals surface area contributed by atoms with Gasteiger partial charge in [-0.05, 0) is 28.8 Å². The number of benzene rings is 2. The number of hydrogen-bond donors (Lipinski definition) is 1. The molecule has 1 N–H and O–H groups in total. The summed E-state index contributed by atoms with van der Waals surface area (Å²) in [6, 6.07) is 18.4. The topological polar surface area (TPSA) is 85.8 Å². The molecular formula is C23H21N5O2. The Morgan fingerprint density at radius 1 is 1.07 bits per heavy atom. The van der Waals surface area contributed by atoms with Crippen LogP contribution < -0.4 is 4.74 Å². The van der Waals surface area contributed by atoms with Crippen molar-refractivity contribution in [3.63, 3.8) is 0 Å². The van der Waals surface area contributed by atoms with Crippen LogP contribution in [0.5, 0.6) is 5.75 Å². The van der Waals surface area contributed by atoms with E-state index in [1.54, 1.807) is 0 Å². The second-order valence-corrected chi connectivity index (χ2v) is 7.26. The largest absolute Gasteiger partial charge is 0.488 e. The van der Waals surface area contributed by atoms with E-state index in [1.165, 1.54) is 0 Å². The first-order valence-electron chi connectivity index (χ1n) is 9.90. The molecule has 0 unspecified atom stereocenters. The molecule has 2 aromatic heterocycles. The molecule has 0 amide bonds. The highest BCUT2D eigenvalue weighted by Crippen LogP contribution is 2.31. The molecule has 0 radical (unpaired) electrons. The minimum Gasteiger partial charge on any atom is -0.488 e. The molecule has 150 valence electrons. The van der Waals surface area contributed by atoms with Crippen molar-refractivity contribution in [2.24, 2.45) is 0 Å². The number of ether oxygens (including phenoxy) is 2. The minimum atomic E-state index is 0.489. The van der Waals surface area contributed by atoms with Crippen LogP contribution in [0.2, 0.25) is 0 Å². The number of aryl methyl sites for hydroxylation is 1. The van der Waals surface area contributed by atoms with Crippen molar-refractivity contribution < 1.29 is 9.47 Å². The summed E-state index contributed by atoms with van der Waals surface area (Å²) < 4.78 is 11.7. The Morgan fingerprint density at radius 3 is 2.70 bits per heavy atom. The van der Waals surface area contributed by atoms with Crippen molar-refractivity contribution >= 4 is 0 Å². The molecule has 0 saturated carbocycles. The number of tetrazole rings is 1. The normalized spacial score (nSPS) is 13.1. The van der Waals surface area contributed by atoms with Crippen LogP contribution in [0.1, 0.15) is 22.5 Å². The van der Waals surface area contributed by atoms with Gasteiger partial charge in [-0.25, -0.2) is 0 Å². The molecule has 7 heteroatoms. The third-order valence-corrected chi connectivity index (χ3v) is 5.20. The highest BCUT2D eigenvalue weighted by atomic mass is 16.5. The molecule has 0 spiro atoms. The summed E-state index contributed by atoms with van der Waals surface area (Å²) in [7, 11) is 0. The average molecular weight is 399 g/mol. The molecule has 3 heterocycles. The standard InChI is InChI=1S/C23H21N5O2/c1-15-12-22(20-14-29-11-10-21(20)24-15)30-13-16-6-8-17(9-7-16)18-4-2-3-5-19(18)23-25-27-28-26-23/h2-9,12H,10-11,13-14H2,1H3,(H,25,26,27,28). The van der Waals surface area contributed by atoms with Crippen molar-refractivity contribution in [1.82, 2.24) is 25.6 Å². The number of nitrogens with zero attached hydrogens (tertiary/aromatic N) is 4. The van der Waals surface area contributed by atoms with Crippen LogP contribution in [0.15, 0.2) is 54.6 Å². The van der Waals surface area contributed by atoms with Gasteiger partial charge in [0.05, 0.1) is 18.9 Å². The van der Waals surface area contributed by atoms with Crippen LogP contribution in [0.3, 0.4) is 0 Å². The van der Waals surface area contributed by atoms with E-state index in [0.29, 0.717) is 19.0 Å². The Balaban J connectivity index is 1.36. The van der Waals surface area contributed by atoms with E-state index in [-0.39, 0.29) is 0 Å². The van der Waals surface area contributed by atoms with Gasteiger partial charge < -0.3 is 9.47 Å². The van der Waals surface area contributed by atoms with Gasteiger partial charge in [-0.15, -0.1) is 10.2 Å². The van der Waals surface area contributed by atoms with E-state index in [0.717, 1.165) is 58.0 Å². The third kappa shape index (κ3) is 3.67. The second kappa shape index (κ2) is 8.04. The predicted molar refractivity (Wildman–Crippen MR) is 112 cm³/mol. The van der Waals surface area contributed by atoms with E-state index in [9.17, 15) is 0 Å². The van der Waals surface area contributed by atoms with E-state index in [2.05, 4.69) is 55.9 Å². The highest BCUT2D eigenvalue weighted by Gasteiger charge is 2.17. The summed E-state index contributed by atoms with van der Waals surface area (Å²) >= 11 is 0. The van der Waals surface area contributed by atoms with Gasteiger partial charge in [-0.2, -0.15) is 5.21 Å². The van der Waals surface area contributed by atoms with Crippen LogP contribution in [0.4, 0.5) is 0 Å². The quantitative estimate of drug-likeness (QED) is 0.548. The number of aromatic nitrogens is 5. The molecule has 4 aromatic rings. The zero-order valence-corrected chi connectivity index (χ0v) is 16.6. The maximum absolute atomic E-state index is 6.15. The van der Waals surface area contributed by atoms with Crippen LogP contribution in [-0.4, -0.2) is 32.2 Å². The summed E-state index contributed by atoms with van der Waals surface area (Å²) in [5.41, 5.74) is 7.30. The zero-order valence-electron chi connectivity index (χ0n) is 16.6. The number of rotatable bonds is 5. The van der Waals surface area contributed by atoms with Gasteiger partial charge in [0.1, 0.15) is 12.4 Å². The van der Waals surface area contributed by atoms with E-state index >= 15 is 0 Å². The number of hydrogen-bond acceptors (Lipinski definition) is 6. The van der Waals surface area contributed by atoms with E-state index in [1.807, 2.05) is 31.2 Å². The predicted octanol–water partition coefficient (Wildman–Crippen LogP) is 3.89. The van der Waals surface area contributed by atoms with Crippen molar-refractivity contribution in [2.75, 3.05) is 6.61 Å². The molecule has 0 atom stereocenters. The van der Waals surface area contributed by atoms with Crippen LogP contribution in [0, 0.1) is 6.92 Å². The summed E-state index contributed by atoms with van der Waals surface area (Å²) in [6.07, 6.45) is 0.835. The lowest BCUT2D eigenvalue weighted by atomic mass is 9.98. The molecule has 0 aliphatic carbocycles. The van der Waals surface area contributed by atoms with E-state index < -0.39 is 0 Å².